The lowest BCUT2D eigenvalue weighted by atomic mass is 10.1. The molecule has 0 radical (unpaired) electrons. The molecule has 10 heteroatoms. The highest BCUT2D eigenvalue weighted by atomic mass is 32.2. The minimum absolute atomic E-state index is 0.00810. The zero-order valence-electron chi connectivity index (χ0n) is 15.1. The quantitative estimate of drug-likeness (QED) is 0.448. The van der Waals surface area contributed by atoms with Gasteiger partial charge in [0, 0.05) is 6.20 Å². The van der Waals surface area contributed by atoms with Crippen LogP contribution < -0.4 is 4.74 Å². The Morgan fingerprint density at radius 2 is 2.21 bits per heavy atom. The number of rotatable bonds is 5. The highest BCUT2D eigenvalue weighted by Gasteiger charge is 2.31. The Balaban J connectivity index is 1.68. The summed E-state index contributed by atoms with van der Waals surface area (Å²) >= 11 is 1.26. The van der Waals surface area contributed by atoms with Crippen molar-refractivity contribution in [1.29, 1.82) is 5.41 Å². The lowest BCUT2D eigenvalue weighted by molar-refractivity contribution is -0.384. The number of aliphatic imine (C=N–C) groups is 1. The van der Waals surface area contributed by atoms with E-state index in [4.69, 9.17) is 14.6 Å². The third-order valence-corrected chi connectivity index (χ3v) is 4.93. The standard InChI is InChI=1S/C19H14N4O5S/c1-2-27-11-3-5-13(15(10-11)23(25)26)16-6-4-12(28-16)9-14-17(20)22-7-8-29-19(22)21-18(14)24/h3-10,20H,2H2,1H3/b14-9-,20-17?. The Kier molecular flexibility index (Phi) is 4.77. The van der Waals surface area contributed by atoms with Crippen molar-refractivity contribution in [2.24, 2.45) is 4.99 Å². The van der Waals surface area contributed by atoms with Crippen molar-refractivity contribution in [2.45, 2.75) is 6.92 Å². The maximum Gasteiger partial charge on any atom is 0.284 e. The molecule has 0 spiro atoms. The normalized spacial score (nSPS) is 16.9. The predicted octanol–water partition coefficient (Wildman–Crippen LogP) is 4.03. The fourth-order valence-corrected chi connectivity index (χ4v) is 3.58. The van der Waals surface area contributed by atoms with Gasteiger partial charge in [-0.25, -0.2) is 0 Å². The summed E-state index contributed by atoms with van der Waals surface area (Å²) in [6.45, 7) is 2.18. The molecule has 2 aromatic rings. The Hall–Kier alpha value is -3.66. The zero-order chi connectivity index (χ0) is 20.5. The topological polar surface area (TPSA) is 122 Å². The molecule has 1 aromatic carbocycles. The van der Waals surface area contributed by atoms with Crippen LogP contribution in [0.4, 0.5) is 5.69 Å². The summed E-state index contributed by atoms with van der Waals surface area (Å²) < 4.78 is 11.0. The molecule has 4 rings (SSSR count). The lowest BCUT2D eigenvalue weighted by Gasteiger charge is -2.21. The van der Waals surface area contributed by atoms with Gasteiger partial charge in [-0.05, 0) is 42.7 Å². The summed E-state index contributed by atoms with van der Waals surface area (Å²) in [5.41, 5.74) is 0.204. The van der Waals surface area contributed by atoms with Crippen molar-refractivity contribution in [3.63, 3.8) is 0 Å². The van der Waals surface area contributed by atoms with E-state index in [1.165, 1.54) is 28.8 Å². The van der Waals surface area contributed by atoms with Crippen molar-refractivity contribution in [3.05, 3.63) is 63.4 Å². The van der Waals surface area contributed by atoms with Crippen molar-refractivity contribution in [1.82, 2.24) is 4.90 Å². The Labute approximate surface area is 169 Å². The molecule has 9 nitrogen and oxygen atoms in total. The number of benzene rings is 1. The highest BCUT2D eigenvalue weighted by Crippen LogP contribution is 2.35. The number of hydrogen-bond acceptors (Lipinski definition) is 7. The number of fused-ring (bicyclic) bond motifs is 1. The van der Waals surface area contributed by atoms with Crippen LogP contribution in [0.5, 0.6) is 5.75 Å². The third-order valence-electron chi connectivity index (χ3n) is 4.17. The lowest BCUT2D eigenvalue weighted by Crippen LogP contribution is -2.35. The maximum absolute atomic E-state index is 12.3. The van der Waals surface area contributed by atoms with Gasteiger partial charge in [-0.15, -0.1) is 0 Å². The van der Waals surface area contributed by atoms with E-state index >= 15 is 0 Å². The SMILES string of the molecule is CCOc1ccc(-c2ccc(/C=C3/C(=N)N4C=CSC4=NC3=O)o2)c([N+](=O)[O-])c1. The molecule has 0 saturated carbocycles. The molecule has 2 aliphatic heterocycles. The summed E-state index contributed by atoms with van der Waals surface area (Å²) in [5.74, 6) is 0.393. The van der Waals surface area contributed by atoms with Crippen LogP contribution in [0.1, 0.15) is 12.7 Å². The second-order valence-corrected chi connectivity index (χ2v) is 6.82. The number of furan rings is 1. The van der Waals surface area contributed by atoms with Gasteiger partial charge in [0.1, 0.15) is 23.1 Å². The maximum atomic E-state index is 12.3. The van der Waals surface area contributed by atoms with Gasteiger partial charge in [0.2, 0.25) is 0 Å². The van der Waals surface area contributed by atoms with Crippen LogP contribution in [-0.4, -0.2) is 33.3 Å². The van der Waals surface area contributed by atoms with Gasteiger partial charge in [0.25, 0.3) is 11.6 Å². The van der Waals surface area contributed by atoms with E-state index in [1.54, 1.807) is 42.8 Å². The average Bonchev–Trinajstić information content (AvgIpc) is 3.35. The average molecular weight is 410 g/mol. The number of ether oxygens (including phenoxy) is 1. The van der Waals surface area contributed by atoms with E-state index < -0.39 is 10.8 Å². The molecule has 1 amide bonds. The number of nitrogens with zero attached hydrogens (tertiary/aromatic N) is 3. The molecule has 0 aliphatic carbocycles. The molecular weight excluding hydrogens is 396 g/mol. The summed E-state index contributed by atoms with van der Waals surface area (Å²) in [7, 11) is 0. The summed E-state index contributed by atoms with van der Waals surface area (Å²) in [6.07, 6.45) is 3.06. The number of hydrogen-bond donors (Lipinski definition) is 1. The number of amidine groups is 2. The molecule has 0 saturated heterocycles. The van der Waals surface area contributed by atoms with Crippen LogP contribution in [0.2, 0.25) is 0 Å². The van der Waals surface area contributed by atoms with E-state index in [9.17, 15) is 14.9 Å². The van der Waals surface area contributed by atoms with Crippen LogP contribution in [-0.2, 0) is 4.79 Å². The first-order valence-corrected chi connectivity index (χ1v) is 9.43. The second-order valence-electron chi connectivity index (χ2n) is 5.95. The molecule has 0 unspecified atom stereocenters. The van der Waals surface area contributed by atoms with Crippen molar-refractivity contribution in [3.8, 4) is 17.1 Å². The van der Waals surface area contributed by atoms with Crippen molar-refractivity contribution < 1.29 is 18.9 Å². The third kappa shape index (κ3) is 3.45. The van der Waals surface area contributed by atoms with Gasteiger partial charge < -0.3 is 9.15 Å². The van der Waals surface area contributed by atoms with Crippen molar-refractivity contribution in [2.75, 3.05) is 6.61 Å². The minimum Gasteiger partial charge on any atom is -0.494 e. The monoisotopic (exact) mass is 410 g/mol. The first-order valence-electron chi connectivity index (χ1n) is 8.55. The Bertz CT molecular complexity index is 1130. The molecule has 1 N–H and O–H groups in total. The van der Waals surface area contributed by atoms with Crippen molar-refractivity contribution >= 4 is 40.4 Å². The van der Waals surface area contributed by atoms with E-state index in [0.29, 0.717) is 17.5 Å². The second kappa shape index (κ2) is 7.40. The largest absolute Gasteiger partial charge is 0.494 e. The first-order chi connectivity index (χ1) is 14.0. The number of nitrogens with one attached hydrogen (secondary N) is 1. The predicted molar refractivity (Wildman–Crippen MR) is 109 cm³/mol. The minimum atomic E-state index is -0.539. The van der Waals surface area contributed by atoms with Gasteiger partial charge in [-0.3, -0.25) is 25.2 Å². The molecule has 0 atom stereocenters. The summed E-state index contributed by atoms with van der Waals surface area (Å²) in [5, 5.41) is 21.9. The molecule has 1 aromatic heterocycles. The van der Waals surface area contributed by atoms with E-state index in [2.05, 4.69) is 4.99 Å². The Morgan fingerprint density at radius 3 is 2.97 bits per heavy atom. The molecule has 0 bridgehead atoms. The summed E-state index contributed by atoms with van der Waals surface area (Å²) in [6, 6.07) is 7.67. The van der Waals surface area contributed by atoms with Crippen LogP contribution in [0.15, 0.2) is 56.9 Å². The number of thioether (sulfide) groups is 1. The Morgan fingerprint density at radius 1 is 1.38 bits per heavy atom. The molecule has 3 heterocycles. The number of nitro groups is 1. The van der Waals surface area contributed by atoms with Gasteiger partial charge in [-0.2, -0.15) is 4.99 Å². The van der Waals surface area contributed by atoms with E-state index in [0.717, 1.165) is 0 Å². The highest BCUT2D eigenvalue weighted by molar-refractivity contribution is 8.16. The van der Waals surface area contributed by atoms with Crippen LogP contribution >= 0.6 is 11.8 Å². The van der Waals surface area contributed by atoms with Crippen LogP contribution in [0.25, 0.3) is 17.4 Å². The molecule has 2 aliphatic rings. The fourth-order valence-electron chi connectivity index (χ4n) is 2.88. The van der Waals surface area contributed by atoms with Gasteiger partial charge in [0.15, 0.2) is 5.17 Å². The number of nitro benzene ring substituents is 1. The zero-order valence-corrected chi connectivity index (χ0v) is 15.9. The fraction of sp³-hybridized carbons (Fsp3) is 0.105. The van der Waals surface area contributed by atoms with Crippen LogP contribution in [0.3, 0.4) is 0 Å². The molecule has 146 valence electrons. The molecular formula is C19H14N4O5S. The smallest absolute Gasteiger partial charge is 0.284 e. The van der Waals surface area contributed by atoms with E-state index in [1.807, 2.05) is 0 Å². The number of carbonyl (C=O) groups is 1. The van der Waals surface area contributed by atoms with E-state index in [-0.39, 0.29) is 34.2 Å². The van der Waals surface area contributed by atoms with Gasteiger partial charge >= 0.3 is 0 Å². The summed E-state index contributed by atoms with van der Waals surface area (Å²) in [4.78, 5) is 28.7. The first kappa shape index (κ1) is 18.7. The van der Waals surface area contributed by atoms with Gasteiger partial charge in [-0.1, -0.05) is 11.8 Å². The van der Waals surface area contributed by atoms with Gasteiger partial charge in [0.05, 0.1) is 28.7 Å². The number of amides is 1. The van der Waals surface area contributed by atoms with Crippen LogP contribution in [0, 0.1) is 15.5 Å². The molecule has 29 heavy (non-hydrogen) atoms. The number of carbonyl (C=O) groups excluding carboxylic acids is 1. The molecule has 0 fully saturated rings.